The van der Waals surface area contributed by atoms with Gasteiger partial charge in [-0.25, -0.2) is 0 Å². The van der Waals surface area contributed by atoms with Crippen LogP contribution in [0.3, 0.4) is 0 Å². The number of alkyl halides is 2. The lowest BCUT2D eigenvalue weighted by Crippen LogP contribution is -2.11. The quantitative estimate of drug-likeness (QED) is 0.556. The third-order valence-electron chi connectivity index (χ3n) is 1.07. The van der Waals surface area contributed by atoms with Crippen LogP contribution in [0.5, 0.6) is 0 Å². The first-order valence-corrected chi connectivity index (χ1v) is 5.15. The molecule has 0 aliphatic heterocycles. The van der Waals surface area contributed by atoms with Gasteiger partial charge in [0.25, 0.3) is 0 Å². The highest BCUT2D eigenvalue weighted by atomic mass is 31.2. The smallest absolute Gasteiger partial charge is 0.320 e. The van der Waals surface area contributed by atoms with Crippen LogP contribution in [-0.4, -0.2) is 15.5 Å². The van der Waals surface area contributed by atoms with E-state index in [1.807, 2.05) is 5.73 Å². The van der Waals surface area contributed by atoms with Gasteiger partial charge in [-0.05, 0) is 12.0 Å². The summed E-state index contributed by atoms with van der Waals surface area (Å²) in [6.45, 7) is 3.47. The fraction of sp³-hybridized carbons (Fsp3) is 0.571. The molecule has 76 valence electrons. The Morgan fingerprint density at radius 3 is 2.23 bits per heavy atom. The first kappa shape index (κ1) is 12.5. The summed E-state index contributed by atoms with van der Waals surface area (Å²) in [5, 5.41) is 0. The van der Waals surface area contributed by atoms with Crippen LogP contribution in [0.4, 0.5) is 8.78 Å². The van der Waals surface area contributed by atoms with E-state index >= 15 is 0 Å². The molecule has 2 N–H and O–H groups in total. The highest BCUT2D eigenvalue weighted by Gasteiger charge is 2.46. The van der Waals surface area contributed by atoms with E-state index in [0.717, 1.165) is 0 Å². The molecule has 0 saturated carbocycles. The van der Waals surface area contributed by atoms with Gasteiger partial charge < -0.3 is 9.79 Å². The summed E-state index contributed by atoms with van der Waals surface area (Å²) in [6, 6.07) is 0. The molecule has 0 rings (SSSR count). The fourth-order valence-corrected chi connectivity index (χ4v) is 0.668. The summed E-state index contributed by atoms with van der Waals surface area (Å²) in [7, 11) is -5.40. The third kappa shape index (κ3) is 4.34. The predicted octanol–water partition coefficient (Wildman–Crippen LogP) is 2.12. The largest absolute Gasteiger partial charge is 0.399 e. The summed E-state index contributed by atoms with van der Waals surface area (Å²) in [5.41, 5.74) is -2.09. The molecule has 0 bridgehead atoms. The molecule has 6 heteroatoms. The average Bonchev–Trinajstić information content (AvgIpc) is 1.82. The molecule has 0 aliphatic rings. The maximum Gasteiger partial charge on any atom is 0.399 e. The van der Waals surface area contributed by atoms with Gasteiger partial charge in [-0.15, -0.1) is 5.73 Å². The molecule has 0 atom stereocenters. The number of rotatable bonds is 3. The zero-order valence-corrected chi connectivity index (χ0v) is 8.13. The Hall–Kier alpha value is -0.470. The molecule has 0 amide bonds. The summed E-state index contributed by atoms with van der Waals surface area (Å²) in [6.07, 6.45) is 1.39. The Balaban J connectivity index is 4.71. The van der Waals surface area contributed by atoms with Crippen molar-refractivity contribution < 1.29 is 23.1 Å². The molecule has 0 fully saturated rings. The predicted molar refractivity (Wildman–Crippen MR) is 44.5 cm³/mol. The van der Waals surface area contributed by atoms with Gasteiger partial charge in [-0.3, -0.25) is 4.57 Å². The van der Waals surface area contributed by atoms with Crippen molar-refractivity contribution in [3.8, 4) is 0 Å². The molecule has 0 radical (unpaired) electrons. The van der Waals surface area contributed by atoms with Gasteiger partial charge in [0.15, 0.2) is 0 Å². The van der Waals surface area contributed by atoms with Gasteiger partial charge in [-0.2, -0.15) is 8.78 Å². The Morgan fingerprint density at radius 1 is 1.46 bits per heavy atom. The van der Waals surface area contributed by atoms with Gasteiger partial charge in [-0.1, -0.05) is 13.8 Å². The lowest BCUT2D eigenvalue weighted by atomic mass is 10.2. The molecular formula is C7H11F2O3P. The second kappa shape index (κ2) is 4.16. The zero-order valence-electron chi connectivity index (χ0n) is 7.24. The van der Waals surface area contributed by atoms with Crippen LogP contribution in [0.15, 0.2) is 17.9 Å². The van der Waals surface area contributed by atoms with Crippen LogP contribution < -0.4 is 0 Å². The maximum absolute atomic E-state index is 12.5. The monoisotopic (exact) mass is 212 g/mol. The molecule has 0 aromatic heterocycles. The van der Waals surface area contributed by atoms with E-state index in [1.165, 1.54) is 6.08 Å². The molecule has 0 aromatic carbocycles. The van der Waals surface area contributed by atoms with Gasteiger partial charge in [0.1, 0.15) is 0 Å². The van der Waals surface area contributed by atoms with Crippen LogP contribution in [0.2, 0.25) is 0 Å². The standard InChI is InChI=1S/C7H11F2O3P/c1-6(2)4-3-5-7(8,9)13(10,11)12/h4-6H,1-2H3,(H2,10,11,12). The number of allylic oxidation sites excluding steroid dienone is 1. The average molecular weight is 212 g/mol. The molecule has 0 unspecified atom stereocenters. The Morgan fingerprint density at radius 2 is 1.92 bits per heavy atom. The van der Waals surface area contributed by atoms with Crippen molar-refractivity contribution in [1.82, 2.24) is 0 Å². The first-order valence-electron chi connectivity index (χ1n) is 3.54. The number of hydrogen-bond donors (Lipinski definition) is 2. The second-order valence-electron chi connectivity index (χ2n) is 2.85. The van der Waals surface area contributed by atoms with E-state index in [1.54, 1.807) is 13.8 Å². The minimum atomic E-state index is -5.40. The van der Waals surface area contributed by atoms with Gasteiger partial charge in [0.05, 0.1) is 0 Å². The van der Waals surface area contributed by atoms with Gasteiger partial charge in [0.2, 0.25) is 0 Å². The molecule has 0 aliphatic carbocycles. The van der Waals surface area contributed by atoms with E-state index < -0.39 is 13.3 Å². The van der Waals surface area contributed by atoms with Crippen molar-refractivity contribution in [3.05, 3.63) is 17.9 Å². The van der Waals surface area contributed by atoms with Crippen molar-refractivity contribution in [2.24, 2.45) is 5.92 Å². The van der Waals surface area contributed by atoms with Gasteiger partial charge >= 0.3 is 13.3 Å². The van der Waals surface area contributed by atoms with E-state index in [2.05, 4.69) is 0 Å². The zero-order chi connectivity index (χ0) is 10.7. The lowest BCUT2D eigenvalue weighted by Gasteiger charge is -2.11. The normalized spacial score (nSPS) is 12.5. The lowest BCUT2D eigenvalue weighted by molar-refractivity contribution is 0.108. The molecule has 0 spiro atoms. The summed E-state index contributed by atoms with van der Waals surface area (Å²) in [5.74, 6) is 0.00354. The maximum atomic E-state index is 12.5. The van der Waals surface area contributed by atoms with Crippen LogP contribution >= 0.6 is 7.60 Å². The SMILES string of the molecule is CC(C)C=C=CC(F)(F)P(=O)(O)O. The van der Waals surface area contributed by atoms with Crippen molar-refractivity contribution in [2.75, 3.05) is 0 Å². The first-order chi connectivity index (χ1) is 5.67. The third-order valence-corrected chi connectivity index (χ3v) is 1.98. The van der Waals surface area contributed by atoms with Crippen molar-refractivity contribution in [3.63, 3.8) is 0 Å². The van der Waals surface area contributed by atoms with Crippen LogP contribution in [-0.2, 0) is 4.57 Å². The molecule has 0 aromatic rings. The summed E-state index contributed by atoms with van der Waals surface area (Å²) in [4.78, 5) is 16.4. The summed E-state index contributed by atoms with van der Waals surface area (Å²) < 4.78 is 35.1. The molecule has 3 nitrogen and oxygen atoms in total. The molecule has 0 heterocycles. The van der Waals surface area contributed by atoms with E-state index in [-0.39, 0.29) is 12.0 Å². The molecule has 0 saturated heterocycles. The van der Waals surface area contributed by atoms with Crippen LogP contribution in [0.25, 0.3) is 0 Å². The van der Waals surface area contributed by atoms with Crippen molar-refractivity contribution in [2.45, 2.75) is 19.5 Å². The number of hydrogen-bond acceptors (Lipinski definition) is 1. The van der Waals surface area contributed by atoms with E-state index in [9.17, 15) is 13.3 Å². The fourth-order valence-electron chi connectivity index (χ4n) is 0.425. The Kier molecular flexibility index (Phi) is 4.01. The minimum Gasteiger partial charge on any atom is -0.320 e. The Labute approximate surface area is 74.9 Å². The van der Waals surface area contributed by atoms with E-state index in [4.69, 9.17) is 9.79 Å². The molecule has 13 heavy (non-hydrogen) atoms. The van der Waals surface area contributed by atoms with Gasteiger partial charge in [0, 0.05) is 6.08 Å². The molecular weight excluding hydrogens is 201 g/mol. The topological polar surface area (TPSA) is 57.5 Å². The van der Waals surface area contributed by atoms with Crippen molar-refractivity contribution >= 4 is 7.60 Å². The minimum absolute atomic E-state index is 0.00354. The van der Waals surface area contributed by atoms with Crippen molar-refractivity contribution in [1.29, 1.82) is 0 Å². The van der Waals surface area contributed by atoms with Crippen LogP contribution in [0, 0.1) is 5.92 Å². The Bertz CT molecular complexity index is 273. The highest BCUT2D eigenvalue weighted by molar-refractivity contribution is 7.53. The van der Waals surface area contributed by atoms with Crippen LogP contribution in [0.1, 0.15) is 13.8 Å². The summed E-state index contributed by atoms with van der Waals surface area (Å²) >= 11 is 0. The van der Waals surface area contributed by atoms with E-state index in [0.29, 0.717) is 0 Å². The number of halogens is 2. The highest BCUT2D eigenvalue weighted by Crippen LogP contribution is 2.53. The second-order valence-corrected chi connectivity index (χ2v) is 4.54.